The van der Waals surface area contributed by atoms with Gasteiger partial charge in [0.25, 0.3) is 5.91 Å². The van der Waals surface area contributed by atoms with Gasteiger partial charge in [0.2, 0.25) is 5.88 Å². The third kappa shape index (κ3) is 4.38. The van der Waals surface area contributed by atoms with E-state index in [0.717, 1.165) is 17.7 Å². The summed E-state index contributed by atoms with van der Waals surface area (Å²) in [4.78, 5) is 15.0. The average molecular weight is 415 g/mol. The Bertz CT molecular complexity index is 1120. The van der Waals surface area contributed by atoms with Gasteiger partial charge < -0.3 is 20.5 Å². The van der Waals surface area contributed by atoms with Crippen LogP contribution in [0.4, 0.5) is 18.9 Å². The van der Waals surface area contributed by atoms with Crippen LogP contribution in [0.15, 0.2) is 48.5 Å². The predicted molar refractivity (Wildman–Crippen MR) is 102 cm³/mol. The number of aromatic amines is 1. The first-order valence-corrected chi connectivity index (χ1v) is 8.80. The molecule has 154 valence electrons. The van der Waals surface area contributed by atoms with Gasteiger partial charge in [0.15, 0.2) is 5.75 Å². The number of benzene rings is 2. The van der Waals surface area contributed by atoms with Gasteiger partial charge in [-0.05, 0) is 36.6 Å². The SMILES string of the molecule is N#Cc1ccc(NC(=O)c2c(O)[nH]c(CCc3ccccc3)c2O)cc1C(F)(F)F. The fourth-order valence-corrected chi connectivity index (χ4v) is 2.99. The number of nitriles is 1. The molecule has 0 saturated heterocycles. The topological polar surface area (TPSA) is 109 Å². The zero-order chi connectivity index (χ0) is 21.9. The second kappa shape index (κ2) is 8.21. The molecule has 4 N–H and O–H groups in total. The number of nitrogens with zero attached hydrogens (tertiary/aromatic N) is 1. The molecule has 1 heterocycles. The lowest BCUT2D eigenvalue weighted by molar-refractivity contribution is -0.137. The standard InChI is InChI=1S/C21H16F3N3O3/c22-21(23,24)15-10-14(8-7-13(15)11-25)26-19(29)17-18(28)16(27-20(17)30)9-6-12-4-2-1-3-5-12/h1-5,7-8,10,27-28,30H,6,9H2,(H,26,29). The number of carbonyl (C=O) groups is 1. The van der Waals surface area contributed by atoms with Crippen LogP contribution in [0.5, 0.6) is 11.6 Å². The molecule has 9 heteroatoms. The van der Waals surface area contributed by atoms with Crippen molar-refractivity contribution < 1.29 is 28.2 Å². The third-order valence-corrected chi connectivity index (χ3v) is 4.47. The van der Waals surface area contributed by atoms with Gasteiger partial charge in [-0.1, -0.05) is 30.3 Å². The maximum atomic E-state index is 13.1. The van der Waals surface area contributed by atoms with Gasteiger partial charge >= 0.3 is 6.18 Å². The van der Waals surface area contributed by atoms with Gasteiger partial charge in [-0.15, -0.1) is 0 Å². The molecule has 0 aliphatic heterocycles. The number of aromatic nitrogens is 1. The van der Waals surface area contributed by atoms with Crippen molar-refractivity contribution >= 4 is 11.6 Å². The highest BCUT2D eigenvalue weighted by atomic mass is 19.4. The number of H-pyrrole nitrogens is 1. The summed E-state index contributed by atoms with van der Waals surface area (Å²) < 4.78 is 39.2. The molecule has 0 fully saturated rings. The van der Waals surface area contributed by atoms with Crippen molar-refractivity contribution in [3.8, 4) is 17.7 Å². The Morgan fingerprint density at radius 2 is 1.80 bits per heavy atom. The van der Waals surface area contributed by atoms with Crippen LogP contribution in [0.1, 0.15) is 32.7 Å². The van der Waals surface area contributed by atoms with E-state index in [2.05, 4.69) is 10.3 Å². The van der Waals surface area contributed by atoms with Crippen LogP contribution in [-0.4, -0.2) is 21.1 Å². The van der Waals surface area contributed by atoms with E-state index < -0.39 is 40.4 Å². The second-order valence-electron chi connectivity index (χ2n) is 6.49. The Hall–Kier alpha value is -3.93. The maximum absolute atomic E-state index is 13.1. The number of halogens is 3. The summed E-state index contributed by atoms with van der Waals surface area (Å²) in [6, 6.07) is 13.5. The van der Waals surface area contributed by atoms with Crippen molar-refractivity contribution in [3.05, 3.63) is 76.5 Å². The number of amides is 1. The van der Waals surface area contributed by atoms with Crippen molar-refractivity contribution in [3.63, 3.8) is 0 Å². The van der Waals surface area contributed by atoms with E-state index in [-0.39, 0.29) is 11.4 Å². The summed E-state index contributed by atoms with van der Waals surface area (Å²) in [7, 11) is 0. The highest BCUT2D eigenvalue weighted by Crippen LogP contribution is 2.35. The number of anilines is 1. The van der Waals surface area contributed by atoms with E-state index in [0.29, 0.717) is 18.9 Å². The number of alkyl halides is 3. The van der Waals surface area contributed by atoms with Crippen molar-refractivity contribution in [2.24, 2.45) is 0 Å². The van der Waals surface area contributed by atoms with Crippen LogP contribution in [0.2, 0.25) is 0 Å². The number of rotatable bonds is 5. The lowest BCUT2D eigenvalue weighted by atomic mass is 10.1. The average Bonchev–Trinajstić information content (AvgIpc) is 2.99. The van der Waals surface area contributed by atoms with Crippen molar-refractivity contribution in [2.45, 2.75) is 19.0 Å². The lowest BCUT2D eigenvalue weighted by Gasteiger charge is -2.11. The molecule has 0 aliphatic rings. The molecule has 1 aromatic heterocycles. The monoisotopic (exact) mass is 415 g/mol. The van der Waals surface area contributed by atoms with E-state index in [4.69, 9.17) is 5.26 Å². The van der Waals surface area contributed by atoms with Gasteiger partial charge in [0.05, 0.1) is 22.9 Å². The van der Waals surface area contributed by atoms with Gasteiger partial charge in [-0.25, -0.2) is 0 Å². The summed E-state index contributed by atoms with van der Waals surface area (Å²) in [6.07, 6.45) is -3.96. The number of hydrogen-bond acceptors (Lipinski definition) is 4. The first kappa shape index (κ1) is 20.8. The molecule has 6 nitrogen and oxygen atoms in total. The first-order chi connectivity index (χ1) is 14.2. The Morgan fingerprint density at radius 3 is 2.43 bits per heavy atom. The summed E-state index contributed by atoms with van der Waals surface area (Å²) in [5.41, 5.74) is -1.30. The van der Waals surface area contributed by atoms with Crippen molar-refractivity contribution in [1.82, 2.24) is 4.98 Å². The molecule has 0 aliphatic carbocycles. The summed E-state index contributed by atoms with van der Waals surface area (Å²) in [5.74, 6) is -2.08. The van der Waals surface area contributed by atoms with Gasteiger partial charge in [-0.3, -0.25) is 4.79 Å². The quantitative estimate of drug-likeness (QED) is 0.497. The molecule has 0 unspecified atom stereocenters. The molecule has 0 atom stereocenters. The second-order valence-corrected chi connectivity index (χ2v) is 6.49. The molecule has 30 heavy (non-hydrogen) atoms. The van der Waals surface area contributed by atoms with Crippen LogP contribution < -0.4 is 5.32 Å². The summed E-state index contributed by atoms with van der Waals surface area (Å²) in [5, 5.41) is 31.4. The van der Waals surface area contributed by atoms with Crippen LogP contribution in [0.3, 0.4) is 0 Å². The Morgan fingerprint density at radius 1 is 1.10 bits per heavy atom. The highest BCUT2D eigenvalue weighted by Gasteiger charge is 2.34. The number of nitrogens with one attached hydrogen (secondary N) is 2. The van der Waals surface area contributed by atoms with Gasteiger partial charge in [-0.2, -0.15) is 18.4 Å². The van der Waals surface area contributed by atoms with Crippen LogP contribution in [0.25, 0.3) is 0 Å². The number of hydrogen-bond donors (Lipinski definition) is 4. The number of aromatic hydroxyl groups is 2. The minimum atomic E-state index is -4.78. The predicted octanol–water partition coefficient (Wildman–Crippen LogP) is 4.35. The molecule has 2 aromatic carbocycles. The molecule has 0 bridgehead atoms. The van der Waals surface area contributed by atoms with E-state index >= 15 is 0 Å². The Kier molecular flexibility index (Phi) is 5.69. The largest absolute Gasteiger partial charge is 0.505 e. The molecule has 0 radical (unpaired) electrons. The molecule has 0 spiro atoms. The summed E-state index contributed by atoms with van der Waals surface area (Å²) >= 11 is 0. The van der Waals surface area contributed by atoms with Crippen LogP contribution >= 0.6 is 0 Å². The van der Waals surface area contributed by atoms with E-state index in [9.17, 15) is 28.2 Å². The molecule has 3 aromatic rings. The Labute approximate surface area is 169 Å². The van der Waals surface area contributed by atoms with Crippen molar-refractivity contribution in [1.29, 1.82) is 5.26 Å². The molecular weight excluding hydrogens is 399 g/mol. The molecular formula is C21H16F3N3O3. The summed E-state index contributed by atoms with van der Waals surface area (Å²) in [6.45, 7) is 0. The fraction of sp³-hybridized carbons (Fsp3) is 0.143. The zero-order valence-corrected chi connectivity index (χ0v) is 15.4. The van der Waals surface area contributed by atoms with Gasteiger partial charge in [0.1, 0.15) is 5.56 Å². The minimum Gasteiger partial charge on any atom is -0.505 e. The van der Waals surface area contributed by atoms with Crippen molar-refractivity contribution in [2.75, 3.05) is 5.32 Å². The molecule has 3 rings (SSSR count). The van der Waals surface area contributed by atoms with Gasteiger partial charge in [0, 0.05) is 5.69 Å². The maximum Gasteiger partial charge on any atom is 0.417 e. The smallest absolute Gasteiger partial charge is 0.417 e. The fourth-order valence-electron chi connectivity index (χ4n) is 2.99. The van der Waals surface area contributed by atoms with Crippen LogP contribution in [0, 0.1) is 11.3 Å². The normalized spacial score (nSPS) is 11.1. The number of carbonyl (C=O) groups excluding carboxylic acids is 1. The van der Waals surface area contributed by atoms with Crippen LogP contribution in [-0.2, 0) is 19.0 Å². The number of aryl methyl sites for hydroxylation is 2. The zero-order valence-electron chi connectivity index (χ0n) is 15.4. The third-order valence-electron chi connectivity index (χ3n) is 4.47. The van der Waals surface area contributed by atoms with E-state index in [1.54, 1.807) is 0 Å². The lowest BCUT2D eigenvalue weighted by Crippen LogP contribution is -2.14. The molecule has 0 saturated carbocycles. The minimum absolute atomic E-state index is 0.220. The first-order valence-electron chi connectivity index (χ1n) is 8.80. The van der Waals surface area contributed by atoms with E-state index in [1.165, 1.54) is 6.07 Å². The molecule has 1 amide bonds. The highest BCUT2D eigenvalue weighted by molar-refractivity contribution is 6.08. The van der Waals surface area contributed by atoms with E-state index in [1.807, 2.05) is 30.3 Å². The Balaban J connectivity index is 1.81.